The number of allylic oxidation sites excluding steroid dienone is 6. The summed E-state index contributed by atoms with van der Waals surface area (Å²) in [4.78, 5) is 0. The van der Waals surface area contributed by atoms with Crippen LogP contribution >= 0.6 is 0 Å². The van der Waals surface area contributed by atoms with Gasteiger partial charge in [-0.2, -0.15) is 0 Å². The number of hydrogen-bond acceptors (Lipinski definition) is 0. The van der Waals surface area contributed by atoms with E-state index in [1.807, 2.05) is 0 Å². The van der Waals surface area contributed by atoms with Crippen LogP contribution in [0.3, 0.4) is 0 Å². The van der Waals surface area contributed by atoms with Gasteiger partial charge < -0.3 is 0 Å². The predicted octanol–water partition coefficient (Wildman–Crippen LogP) is 5.24. The summed E-state index contributed by atoms with van der Waals surface area (Å²) in [7, 11) is 0. The van der Waals surface area contributed by atoms with Crippen LogP contribution in [-0.4, -0.2) is 14.1 Å². The summed E-state index contributed by atoms with van der Waals surface area (Å²) in [5, 5.41) is 3.04. The Hall–Kier alpha value is -0.248. The molecule has 0 N–H and O–H groups in total. The van der Waals surface area contributed by atoms with Crippen molar-refractivity contribution in [1.29, 1.82) is 0 Å². The third-order valence-corrected chi connectivity index (χ3v) is 9.03. The minimum Gasteiger partial charge on any atom is -0.0911 e. The maximum Gasteiger partial charge on any atom is 0.271 e. The first-order valence-corrected chi connectivity index (χ1v) is 9.92. The molecule has 0 fully saturated rings. The molecule has 2 aliphatic carbocycles. The van der Waals surface area contributed by atoms with Crippen LogP contribution in [0.25, 0.3) is 0 Å². The van der Waals surface area contributed by atoms with Crippen LogP contribution in [-0.2, 0) is 0 Å². The SMILES string of the molecule is CC(C)[CH2][Al]([CH2]C(C)C)[CH]1C=C2C=CC=CC2C1. The molecule has 18 heavy (non-hydrogen) atoms. The van der Waals surface area contributed by atoms with E-state index in [1.165, 1.54) is 17.0 Å². The van der Waals surface area contributed by atoms with E-state index in [9.17, 15) is 0 Å². The van der Waals surface area contributed by atoms with Gasteiger partial charge in [0.25, 0.3) is 14.1 Å². The van der Waals surface area contributed by atoms with Gasteiger partial charge in [-0.1, -0.05) is 85.3 Å². The van der Waals surface area contributed by atoms with Crippen LogP contribution < -0.4 is 0 Å². The van der Waals surface area contributed by atoms with Crippen LogP contribution in [0.15, 0.2) is 36.0 Å². The zero-order valence-electron chi connectivity index (χ0n) is 12.4. The van der Waals surface area contributed by atoms with E-state index in [1.54, 1.807) is 5.57 Å². The second-order valence-electron chi connectivity index (χ2n) is 6.94. The molecule has 0 radical (unpaired) electrons. The summed E-state index contributed by atoms with van der Waals surface area (Å²) in [6.45, 7) is 9.59. The van der Waals surface area contributed by atoms with Gasteiger partial charge >= 0.3 is 0 Å². The number of fused-ring (bicyclic) bond motifs is 1. The van der Waals surface area contributed by atoms with Gasteiger partial charge in [0, 0.05) is 5.92 Å². The van der Waals surface area contributed by atoms with Crippen molar-refractivity contribution in [2.75, 3.05) is 0 Å². The minimum absolute atomic E-state index is 0.623. The van der Waals surface area contributed by atoms with E-state index in [0.717, 1.165) is 22.5 Å². The molecule has 0 saturated heterocycles. The molecule has 0 aromatic rings. The van der Waals surface area contributed by atoms with Crippen molar-refractivity contribution in [3.05, 3.63) is 36.0 Å². The molecule has 0 aromatic carbocycles. The van der Waals surface area contributed by atoms with Crippen LogP contribution in [0.4, 0.5) is 0 Å². The topological polar surface area (TPSA) is 0 Å². The molecule has 1 heteroatoms. The molecule has 0 spiro atoms. The van der Waals surface area contributed by atoms with Crippen molar-refractivity contribution in [1.82, 2.24) is 0 Å². The maximum atomic E-state index is 2.63. The Morgan fingerprint density at radius 2 is 1.78 bits per heavy atom. The lowest BCUT2D eigenvalue weighted by molar-refractivity contribution is 0.664. The molecule has 0 aliphatic heterocycles. The molecule has 2 aliphatic rings. The Labute approximate surface area is 117 Å². The van der Waals surface area contributed by atoms with Crippen molar-refractivity contribution >= 4 is 14.1 Å². The molecule has 0 bridgehead atoms. The lowest BCUT2D eigenvalue weighted by Crippen LogP contribution is -2.23. The van der Waals surface area contributed by atoms with Gasteiger partial charge in [0.2, 0.25) is 0 Å². The molecule has 2 rings (SSSR count). The zero-order valence-corrected chi connectivity index (χ0v) is 13.5. The Morgan fingerprint density at radius 1 is 1.11 bits per heavy atom. The van der Waals surface area contributed by atoms with Gasteiger partial charge in [-0.05, 0) is 12.0 Å². The van der Waals surface area contributed by atoms with Gasteiger partial charge in [-0.3, -0.25) is 0 Å². The largest absolute Gasteiger partial charge is 0.271 e. The van der Waals surface area contributed by atoms with Gasteiger partial charge in [0.15, 0.2) is 0 Å². The fraction of sp³-hybridized carbons (Fsp3) is 0.647. The summed E-state index contributed by atoms with van der Waals surface area (Å²) in [6, 6.07) is 0. The normalized spacial score (nSPS) is 25.8. The molecular weight excluding hydrogens is 231 g/mol. The smallest absolute Gasteiger partial charge is 0.0911 e. The summed E-state index contributed by atoms with van der Waals surface area (Å²) in [5.74, 6) is 2.51. The molecule has 2 unspecified atom stereocenters. The van der Waals surface area contributed by atoms with Crippen LogP contribution in [0.5, 0.6) is 0 Å². The highest BCUT2D eigenvalue weighted by Gasteiger charge is 2.34. The fourth-order valence-electron chi connectivity index (χ4n) is 3.59. The summed E-state index contributed by atoms with van der Waals surface area (Å²) >= 11 is -0.623. The molecule has 0 heterocycles. The highest BCUT2D eigenvalue weighted by Crippen LogP contribution is 2.42. The molecule has 98 valence electrons. The van der Waals surface area contributed by atoms with Crippen LogP contribution in [0.2, 0.25) is 15.3 Å². The van der Waals surface area contributed by atoms with E-state index in [4.69, 9.17) is 0 Å². The first-order valence-electron chi connectivity index (χ1n) is 7.62. The minimum atomic E-state index is -0.623. The standard InChI is InChI=1S/C9H9.2C4H9.Al/c1-2-5-9-7-3-6-8(9)4-1;2*1-4(2)3;/h1-6,9H,7H2;2*4H,1H2,2-3H3;. The fourth-order valence-corrected chi connectivity index (χ4v) is 8.07. The summed E-state index contributed by atoms with van der Waals surface area (Å²) < 4.78 is 0.946. The molecular formula is C17H27Al. The Bertz CT molecular complexity index is 350. The van der Waals surface area contributed by atoms with E-state index in [0.29, 0.717) is 0 Å². The Balaban J connectivity index is 2.05. The summed E-state index contributed by atoms with van der Waals surface area (Å²) in [5.41, 5.74) is 1.60. The lowest BCUT2D eigenvalue weighted by Gasteiger charge is -2.22. The molecule has 0 nitrogen and oxygen atoms in total. The molecule has 0 saturated carbocycles. The van der Waals surface area contributed by atoms with E-state index in [2.05, 4.69) is 58.1 Å². The highest BCUT2D eigenvalue weighted by molar-refractivity contribution is 6.61. The quantitative estimate of drug-likeness (QED) is 0.592. The maximum absolute atomic E-state index is 2.63. The predicted molar refractivity (Wildman–Crippen MR) is 83.3 cm³/mol. The highest BCUT2D eigenvalue weighted by atomic mass is 27.2. The first kappa shape index (κ1) is 14.2. The van der Waals surface area contributed by atoms with Crippen molar-refractivity contribution < 1.29 is 0 Å². The first-order chi connectivity index (χ1) is 8.56. The van der Waals surface area contributed by atoms with Gasteiger partial charge in [-0.15, -0.1) is 0 Å². The average Bonchev–Trinajstić information content (AvgIpc) is 2.70. The van der Waals surface area contributed by atoms with Crippen molar-refractivity contribution in [3.63, 3.8) is 0 Å². The van der Waals surface area contributed by atoms with Gasteiger partial charge in [0.1, 0.15) is 0 Å². The monoisotopic (exact) mass is 258 g/mol. The third kappa shape index (κ3) is 3.63. The van der Waals surface area contributed by atoms with Crippen molar-refractivity contribution in [2.24, 2.45) is 17.8 Å². The van der Waals surface area contributed by atoms with E-state index >= 15 is 0 Å². The van der Waals surface area contributed by atoms with E-state index < -0.39 is 14.1 Å². The second-order valence-corrected chi connectivity index (χ2v) is 10.3. The molecule has 2 atom stereocenters. The lowest BCUT2D eigenvalue weighted by atomic mass is 9.97. The third-order valence-electron chi connectivity index (χ3n) is 4.26. The van der Waals surface area contributed by atoms with Crippen LogP contribution in [0, 0.1) is 17.8 Å². The molecule has 0 amide bonds. The van der Waals surface area contributed by atoms with Crippen LogP contribution in [0.1, 0.15) is 34.1 Å². The Kier molecular flexibility index (Phi) is 4.93. The Morgan fingerprint density at radius 3 is 2.33 bits per heavy atom. The van der Waals surface area contributed by atoms with E-state index in [-0.39, 0.29) is 0 Å². The zero-order chi connectivity index (χ0) is 13.1. The van der Waals surface area contributed by atoms with Gasteiger partial charge in [-0.25, -0.2) is 0 Å². The molecule has 0 aromatic heterocycles. The van der Waals surface area contributed by atoms with Crippen molar-refractivity contribution in [2.45, 2.75) is 49.5 Å². The number of rotatable bonds is 5. The number of hydrogen-bond donors (Lipinski definition) is 0. The van der Waals surface area contributed by atoms with Crippen molar-refractivity contribution in [3.8, 4) is 0 Å². The second kappa shape index (κ2) is 6.27. The van der Waals surface area contributed by atoms with Gasteiger partial charge in [0.05, 0.1) is 0 Å². The average molecular weight is 258 g/mol. The summed E-state index contributed by atoms with van der Waals surface area (Å²) in [6.07, 6.45) is 13.2.